The first kappa shape index (κ1) is 24.2. The van der Waals surface area contributed by atoms with Gasteiger partial charge in [-0.2, -0.15) is 0 Å². The van der Waals surface area contributed by atoms with Crippen LogP contribution in [0.2, 0.25) is 0 Å². The number of hydrogen-bond acceptors (Lipinski definition) is 2. The van der Waals surface area contributed by atoms with E-state index in [4.69, 9.17) is 4.42 Å². The van der Waals surface area contributed by atoms with Crippen LogP contribution < -0.4 is 5.32 Å². The van der Waals surface area contributed by atoms with Gasteiger partial charge in [0.1, 0.15) is 11.2 Å². The number of nitrogens with one attached hydrogen (secondary N) is 1. The van der Waals surface area contributed by atoms with Crippen LogP contribution >= 0.6 is 0 Å². The van der Waals surface area contributed by atoms with Crippen molar-refractivity contribution in [2.75, 3.05) is 5.32 Å². The van der Waals surface area contributed by atoms with E-state index >= 15 is 0 Å². The highest BCUT2D eigenvalue weighted by Gasteiger charge is 2.14. The third kappa shape index (κ3) is 4.31. The molecule has 0 aliphatic carbocycles. The van der Waals surface area contributed by atoms with Gasteiger partial charge in [-0.3, -0.25) is 0 Å². The molecule has 8 aromatic rings. The monoisotopic (exact) mass is 537 g/mol. The Morgan fingerprint density at radius 3 is 1.55 bits per heavy atom. The van der Waals surface area contributed by atoms with Crippen molar-refractivity contribution in [3.05, 3.63) is 158 Å². The van der Waals surface area contributed by atoms with Gasteiger partial charge in [0.2, 0.25) is 0 Å². The molecule has 0 fully saturated rings. The van der Waals surface area contributed by atoms with Gasteiger partial charge in [-0.15, -0.1) is 0 Å². The van der Waals surface area contributed by atoms with Crippen LogP contribution in [0.5, 0.6) is 0 Å². The lowest BCUT2D eigenvalue weighted by Gasteiger charge is -2.10. The Balaban J connectivity index is 1.04. The Morgan fingerprint density at radius 1 is 0.333 bits per heavy atom. The van der Waals surface area contributed by atoms with Crippen LogP contribution in [0.3, 0.4) is 0 Å². The lowest BCUT2D eigenvalue weighted by Crippen LogP contribution is -1.90. The van der Waals surface area contributed by atoms with Crippen molar-refractivity contribution in [3.63, 3.8) is 0 Å². The minimum atomic E-state index is 0.934. The van der Waals surface area contributed by atoms with Gasteiger partial charge >= 0.3 is 0 Å². The zero-order chi connectivity index (χ0) is 27.9. The minimum Gasteiger partial charge on any atom is -0.455 e. The zero-order valence-corrected chi connectivity index (χ0v) is 22.9. The third-order valence-electron chi connectivity index (χ3n) is 8.08. The summed E-state index contributed by atoms with van der Waals surface area (Å²) in [5, 5.41) is 8.16. The Labute approximate surface area is 244 Å². The van der Waals surface area contributed by atoms with E-state index in [1.807, 2.05) is 6.07 Å². The second-order valence-corrected chi connectivity index (χ2v) is 10.7. The van der Waals surface area contributed by atoms with Crippen LogP contribution in [0.25, 0.3) is 66.1 Å². The highest BCUT2D eigenvalue weighted by atomic mass is 16.3. The lowest BCUT2D eigenvalue weighted by atomic mass is 9.98. The molecule has 0 aliphatic heterocycles. The maximum absolute atomic E-state index is 6.55. The molecule has 198 valence electrons. The average molecular weight is 538 g/mol. The molecular formula is C40H27NO. The first-order valence-electron chi connectivity index (χ1n) is 14.3. The molecule has 8 rings (SSSR count). The summed E-state index contributed by atoms with van der Waals surface area (Å²) in [6.45, 7) is 0. The highest BCUT2D eigenvalue weighted by molar-refractivity contribution is 6.17. The fraction of sp³-hybridized carbons (Fsp3) is 0. The summed E-state index contributed by atoms with van der Waals surface area (Å²) in [6.07, 6.45) is 0. The number of furan rings is 1. The lowest BCUT2D eigenvalue weighted by molar-refractivity contribution is 0.674. The van der Waals surface area contributed by atoms with E-state index in [9.17, 15) is 0 Å². The van der Waals surface area contributed by atoms with Gasteiger partial charge in [0.25, 0.3) is 0 Å². The predicted octanol–water partition coefficient (Wildman–Crippen LogP) is 11.5. The molecule has 0 spiro atoms. The van der Waals surface area contributed by atoms with Gasteiger partial charge in [0.15, 0.2) is 0 Å². The number of anilines is 2. The summed E-state index contributed by atoms with van der Waals surface area (Å²) in [5.41, 5.74) is 11.1. The summed E-state index contributed by atoms with van der Waals surface area (Å²) < 4.78 is 6.55. The predicted molar refractivity (Wildman–Crippen MR) is 177 cm³/mol. The van der Waals surface area contributed by atoms with Crippen LogP contribution in [0, 0.1) is 0 Å². The summed E-state index contributed by atoms with van der Waals surface area (Å²) in [5.74, 6) is 0. The van der Waals surface area contributed by atoms with Gasteiger partial charge in [0, 0.05) is 33.1 Å². The number of fused-ring (bicyclic) bond motifs is 5. The molecule has 1 heterocycles. The molecule has 0 radical (unpaired) electrons. The van der Waals surface area contributed by atoms with E-state index in [-0.39, 0.29) is 0 Å². The second-order valence-electron chi connectivity index (χ2n) is 10.7. The molecule has 0 aliphatic rings. The molecule has 0 unspecified atom stereocenters. The molecule has 0 saturated heterocycles. The number of rotatable bonds is 5. The number of para-hydroxylation sites is 1. The second kappa shape index (κ2) is 10.1. The Morgan fingerprint density at radius 2 is 0.857 bits per heavy atom. The fourth-order valence-electron chi connectivity index (χ4n) is 5.89. The van der Waals surface area contributed by atoms with E-state index < -0.39 is 0 Å². The van der Waals surface area contributed by atoms with Crippen LogP contribution in [0.15, 0.2) is 162 Å². The van der Waals surface area contributed by atoms with E-state index in [0.29, 0.717) is 0 Å². The maximum atomic E-state index is 6.55. The first-order chi connectivity index (χ1) is 20.8. The largest absolute Gasteiger partial charge is 0.455 e. The van der Waals surface area contributed by atoms with Gasteiger partial charge in [-0.1, -0.05) is 127 Å². The molecule has 2 heteroatoms. The van der Waals surface area contributed by atoms with Crippen LogP contribution in [-0.2, 0) is 0 Å². The zero-order valence-electron chi connectivity index (χ0n) is 22.9. The standard InChI is InChI=1S/C40H27NO/c1-2-7-27(8-3-1)29-17-22-33(23-18-29)41-34-24-19-30(20-25-34)28-13-15-32(16-14-28)36-11-6-12-37-38-26-21-31-9-4-5-10-35(31)40(38)42-39(36)37/h1-26,41H. The quantitative estimate of drug-likeness (QED) is 0.236. The molecule has 0 saturated carbocycles. The van der Waals surface area contributed by atoms with Crippen molar-refractivity contribution >= 4 is 44.1 Å². The van der Waals surface area contributed by atoms with Crippen molar-refractivity contribution in [1.29, 1.82) is 0 Å². The average Bonchev–Trinajstić information content (AvgIpc) is 3.46. The molecule has 0 bridgehead atoms. The summed E-state index contributed by atoms with van der Waals surface area (Å²) in [7, 11) is 0. The van der Waals surface area contributed by atoms with Crippen molar-refractivity contribution < 1.29 is 4.42 Å². The smallest absolute Gasteiger partial charge is 0.143 e. The molecule has 1 N–H and O–H groups in total. The fourth-order valence-corrected chi connectivity index (χ4v) is 5.89. The van der Waals surface area contributed by atoms with Crippen molar-refractivity contribution in [1.82, 2.24) is 0 Å². The molecule has 0 amide bonds. The van der Waals surface area contributed by atoms with Gasteiger partial charge in [-0.05, 0) is 63.5 Å². The molecule has 2 nitrogen and oxygen atoms in total. The van der Waals surface area contributed by atoms with Crippen molar-refractivity contribution in [3.8, 4) is 33.4 Å². The van der Waals surface area contributed by atoms with Crippen LogP contribution in [0.1, 0.15) is 0 Å². The van der Waals surface area contributed by atoms with Crippen molar-refractivity contribution in [2.24, 2.45) is 0 Å². The van der Waals surface area contributed by atoms with Crippen LogP contribution in [-0.4, -0.2) is 0 Å². The number of benzene rings is 7. The Kier molecular flexibility index (Phi) is 5.82. The molecule has 1 aromatic heterocycles. The Hall–Kier alpha value is -5.60. The first-order valence-corrected chi connectivity index (χ1v) is 14.3. The SMILES string of the molecule is c1ccc(-c2ccc(Nc3ccc(-c4ccc(-c5cccc6c5oc5c7ccccc7ccc65)cc4)cc3)cc2)cc1. The molecule has 0 atom stereocenters. The van der Waals surface area contributed by atoms with Crippen molar-refractivity contribution in [2.45, 2.75) is 0 Å². The Bertz CT molecular complexity index is 2170. The molecule has 42 heavy (non-hydrogen) atoms. The molecular weight excluding hydrogens is 510 g/mol. The topological polar surface area (TPSA) is 25.2 Å². The van der Waals surface area contributed by atoms with E-state index in [2.05, 4.69) is 157 Å². The van der Waals surface area contributed by atoms with Gasteiger partial charge in [-0.25, -0.2) is 0 Å². The van der Waals surface area contributed by atoms with E-state index in [1.165, 1.54) is 27.6 Å². The summed E-state index contributed by atoms with van der Waals surface area (Å²) in [6, 6.07) is 55.6. The summed E-state index contributed by atoms with van der Waals surface area (Å²) in [4.78, 5) is 0. The van der Waals surface area contributed by atoms with Gasteiger partial charge in [0.05, 0.1) is 0 Å². The number of hydrogen-bond donors (Lipinski definition) is 1. The molecule has 7 aromatic carbocycles. The highest BCUT2D eigenvalue weighted by Crippen LogP contribution is 2.39. The van der Waals surface area contributed by atoms with E-state index in [1.54, 1.807) is 0 Å². The van der Waals surface area contributed by atoms with Gasteiger partial charge < -0.3 is 9.73 Å². The maximum Gasteiger partial charge on any atom is 0.143 e. The normalized spacial score (nSPS) is 11.3. The van der Waals surface area contributed by atoms with E-state index in [0.717, 1.165) is 49.8 Å². The summed E-state index contributed by atoms with van der Waals surface area (Å²) >= 11 is 0. The third-order valence-corrected chi connectivity index (χ3v) is 8.08. The van der Waals surface area contributed by atoms with Crippen LogP contribution in [0.4, 0.5) is 11.4 Å². The minimum absolute atomic E-state index is 0.934.